The Bertz CT molecular complexity index is 701. The van der Waals surface area contributed by atoms with Crippen LogP contribution in [-0.2, 0) is 4.79 Å². The first-order chi connectivity index (χ1) is 11.5. The molecule has 1 atom stereocenters. The van der Waals surface area contributed by atoms with Gasteiger partial charge in [-0.2, -0.15) is 0 Å². The Hall–Kier alpha value is -2.89. The van der Waals surface area contributed by atoms with E-state index in [1.165, 1.54) is 0 Å². The highest BCUT2D eigenvalue weighted by Gasteiger charge is 2.21. The number of carbonyl (C=O) groups is 2. The van der Waals surface area contributed by atoms with Crippen molar-refractivity contribution in [1.29, 1.82) is 0 Å². The zero-order valence-electron chi connectivity index (χ0n) is 13.6. The van der Waals surface area contributed by atoms with Crippen molar-refractivity contribution < 1.29 is 19.4 Å². The van der Waals surface area contributed by atoms with Crippen LogP contribution in [0.4, 0.5) is 0 Å². The number of carbonyl (C=O) groups excluding carboxylic acids is 1. The first-order valence-corrected chi connectivity index (χ1v) is 7.67. The van der Waals surface area contributed by atoms with E-state index in [-0.39, 0.29) is 5.92 Å². The molecular weight excluding hydrogens is 308 g/mol. The quantitative estimate of drug-likeness (QED) is 0.815. The summed E-state index contributed by atoms with van der Waals surface area (Å²) >= 11 is 0. The summed E-state index contributed by atoms with van der Waals surface area (Å²) < 4.78 is 5.65. The van der Waals surface area contributed by atoms with Crippen LogP contribution in [0.25, 0.3) is 0 Å². The second kappa shape index (κ2) is 8.10. The van der Waals surface area contributed by atoms with Crippen molar-refractivity contribution in [2.24, 2.45) is 5.92 Å². The number of carboxylic acids is 1. The van der Waals surface area contributed by atoms with E-state index < -0.39 is 17.9 Å². The summed E-state index contributed by atoms with van der Waals surface area (Å²) in [5.74, 6) is -0.229. The van der Waals surface area contributed by atoms with Crippen molar-refractivity contribution in [1.82, 2.24) is 10.3 Å². The van der Waals surface area contributed by atoms with E-state index in [1.54, 1.807) is 48.8 Å². The SMILES string of the molecule is CC(C)CC(NC(=O)c1cccc(Oc2ccncc2)c1)C(=O)O. The zero-order valence-corrected chi connectivity index (χ0v) is 13.6. The monoisotopic (exact) mass is 328 g/mol. The van der Waals surface area contributed by atoms with E-state index in [1.807, 2.05) is 13.8 Å². The van der Waals surface area contributed by atoms with Gasteiger partial charge < -0.3 is 15.2 Å². The van der Waals surface area contributed by atoms with Gasteiger partial charge in [0.05, 0.1) is 0 Å². The van der Waals surface area contributed by atoms with Crippen molar-refractivity contribution in [2.45, 2.75) is 26.3 Å². The Morgan fingerprint density at radius 1 is 1.17 bits per heavy atom. The lowest BCUT2D eigenvalue weighted by atomic mass is 10.0. The number of aliphatic carboxylic acids is 1. The second-order valence-corrected chi connectivity index (χ2v) is 5.81. The van der Waals surface area contributed by atoms with Crippen LogP contribution >= 0.6 is 0 Å². The van der Waals surface area contributed by atoms with Crippen molar-refractivity contribution in [3.05, 3.63) is 54.4 Å². The molecule has 1 unspecified atom stereocenters. The number of hydrogen-bond acceptors (Lipinski definition) is 4. The summed E-state index contributed by atoms with van der Waals surface area (Å²) in [5.41, 5.74) is 0.344. The van der Waals surface area contributed by atoms with Crippen LogP contribution in [0.15, 0.2) is 48.8 Å². The standard InChI is InChI=1S/C18H20N2O4/c1-12(2)10-16(18(22)23)20-17(21)13-4-3-5-15(11-13)24-14-6-8-19-9-7-14/h3-9,11-12,16H,10H2,1-2H3,(H,20,21)(H,22,23). The molecule has 6 heteroatoms. The summed E-state index contributed by atoms with van der Waals surface area (Å²) in [6.45, 7) is 3.82. The van der Waals surface area contributed by atoms with Crippen LogP contribution in [0.1, 0.15) is 30.6 Å². The third-order valence-electron chi connectivity index (χ3n) is 3.29. The molecule has 0 aliphatic carbocycles. The molecule has 2 rings (SSSR count). The molecule has 24 heavy (non-hydrogen) atoms. The largest absolute Gasteiger partial charge is 0.480 e. The molecule has 2 aromatic rings. The van der Waals surface area contributed by atoms with Crippen LogP contribution in [0.2, 0.25) is 0 Å². The normalized spacial score (nSPS) is 11.8. The number of aromatic nitrogens is 1. The van der Waals surface area contributed by atoms with E-state index in [9.17, 15) is 14.7 Å². The minimum atomic E-state index is -1.04. The Kier molecular flexibility index (Phi) is 5.89. The molecule has 6 nitrogen and oxygen atoms in total. The number of hydrogen-bond donors (Lipinski definition) is 2. The van der Waals surface area contributed by atoms with Gasteiger partial charge in [0.2, 0.25) is 0 Å². The number of pyridine rings is 1. The molecule has 1 amide bonds. The van der Waals surface area contributed by atoms with Gasteiger partial charge in [-0.1, -0.05) is 19.9 Å². The molecule has 1 aromatic carbocycles. The molecule has 0 fully saturated rings. The molecule has 0 aliphatic heterocycles. The lowest BCUT2D eigenvalue weighted by Gasteiger charge is -2.16. The van der Waals surface area contributed by atoms with Gasteiger partial charge in [-0.3, -0.25) is 9.78 Å². The van der Waals surface area contributed by atoms with E-state index >= 15 is 0 Å². The van der Waals surface area contributed by atoms with Gasteiger partial charge in [0, 0.05) is 18.0 Å². The number of rotatable bonds is 7. The minimum Gasteiger partial charge on any atom is -0.480 e. The highest BCUT2D eigenvalue weighted by molar-refractivity contribution is 5.96. The summed E-state index contributed by atoms with van der Waals surface area (Å²) in [6.07, 6.45) is 3.58. The average Bonchev–Trinajstić information content (AvgIpc) is 2.55. The fourth-order valence-electron chi connectivity index (χ4n) is 2.18. The Morgan fingerprint density at radius 2 is 1.88 bits per heavy atom. The molecule has 0 bridgehead atoms. The van der Waals surface area contributed by atoms with Gasteiger partial charge >= 0.3 is 5.97 Å². The summed E-state index contributed by atoms with van der Waals surface area (Å²) in [5, 5.41) is 11.8. The van der Waals surface area contributed by atoms with Gasteiger partial charge in [0.1, 0.15) is 17.5 Å². The molecule has 1 heterocycles. The van der Waals surface area contributed by atoms with Gasteiger partial charge in [-0.25, -0.2) is 4.79 Å². The molecule has 0 radical (unpaired) electrons. The third kappa shape index (κ3) is 5.08. The molecule has 0 saturated carbocycles. The fourth-order valence-corrected chi connectivity index (χ4v) is 2.18. The third-order valence-corrected chi connectivity index (χ3v) is 3.29. The molecule has 1 aromatic heterocycles. The predicted octanol–water partition coefficient (Wildman–Crippen LogP) is 3.10. The van der Waals surface area contributed by atoms with Crippen LogP contribution < -0.4 is 10.1 Å². The average molecular weight is 328 g/mol. The van der Waals surface area contributed by atoms with Gasteiger partial charge in [0.15, 0.2) is 0 Å². The number of nitrogens with zero attached hydrogens (tertiary/aromatic N) is 1. The van der Waals surface area contributed by atoms with Crippen molar-refractivity contribution in [3.8, 4) is 11.5 Å². The highest BCUT2D eigenvalue weighted by atomic mass is 16.5. The summed E-state index contributed by atoms with van der Waals surface area (Å²) in [4.78, 5) is 27.5. The number of carboxylic acid groups (broad SMARTS) is 1. The maximum absolute atomic E-state index is 12.3. The van der Waals surface area contributed by atoms with Gasteiger partial charge in [0.25, 0.3) is 5.91 Å². The smallest absolute Gasteiger partial charge is 0.326 e. The lowest BCUT2D eigenvalue weighted by molar-refractivity contribution is -0.139. The topological polar surface area (TPSA) is 88.5 Å². The molecule has 0 spiro atoms. The molecule has 2 N–H and O–H groups in total. The van der Waals surface area contributed by atoms with Crippen LogP contribution in [0, 0.1) is 5.92 Å². The van der Waals surface area contributed by atoms with E-state index in [2.05, 4.69) is 10.3 Å². The second-order valence-electron chi connectivity index (χ2n) is 5.81. The Balaban J connectivity index is 2.09. The van der Waals surface area contributed by atoms with E-state index in [4.69, 9.17) is 4.74 Å². The van der Waals surface area contributed by atoms with Crippen LogP contribution in [0.5, 0.6) is 11.5 Å². The van der Waals surface area contributed by atoms with Crippen molar-refractivity contribution >= 4 is 11.9 Å². The first kappa shape index (κ1) is 17.5. The summed E-state index contributed by atoms with van der Waals surface area (Å²) in [6, 6.07) is 9.09. The zero-order chi connectivity index (χ0) is 17.5. The van der Waals surface area contributed by atoms with E-state index in [0.717, 1.165) is 0 Å². The minimum absolute atomic E-state index is 0.160. The highest BCUT2D eigenvalue weighted by Crippen LogP contribution is 2.21. The maximum Gasteiger partial charge on any atom is 0.326 e. The number of nitrogens with one attached hydrogen (secondary N) is 1. The lowest BCUT2D eigenvalue weighted by Crippen LogP contribution is -2.41. The number of benzene rings is 1. The number of ether oxygens (including phenoxy) is 1. The van der Waals surface area contributed by atoms with Crippen LogP contribution in [0.3, 0.4) is 0 Å². The molecule has 126 valence electrons. The van der Waals surface area contributed by atoms with Gasteiger partial charge in [-0.05, 0) is 42.7 Å². The summed E-state index contributed by atoms with van der Waals surface area (Å²) in [7, 11) is 0. The fraction of sp³-hybridized carbons (Fsp3) is 0.278. The van der Waals surface area contributed by atoms with E-state index in [0.29, 0.717) is 23.5 Å². The molecule has 0 saturated heterocycles. The first-order valence-electron chi connectivity index (χ1n) is 7.67. The maximum atomic E-state index is 12.3. The number of amides is 1. The predicted molar refractivity (Wildman–Crippen MR) is 89.1 cm³/mol. The molecule has 0 aliphatic rings. The molecular formula is C18H20N2O4. The Morgan fingerprint density at radius 3 is 2.50 bits per heavy atom. The van der Waals surface area contributed by atoms with Crippen molar-refractivity contribution in [2.75, 3.05) is 0 Å². The van der Waals surface area contributed by atoms with Crippen LogP contribution in [-0.4, -0.2) is 28.0 Å². The van der Waals surface area contributed by atoms with Crippen molar-refractivity contribution in [3.63, 3.8) is 0 Å². The Labute approximate surface area is 140 Å². The van der Waals surface area contributed by atoms with Gasteiger partial charge in [-0.15, -0.1) is 0 Å².